The highest BCUT2D eigenvalue weighted by atomic mass is 16.5. The standard InChI is InChI=1S/C26H34N2O4/c1-4-24(26(30)27-21-11-5-6-12-21)28(17-20-10-8-13-22(16-20)31-3)25(29)18-32-23-14-7-9-19(2)15-23/h7-10,13-16,21,24H,4-6,11-12,17-18H2,1-3H3,(H,27,30)/t24-/m1/s1. The maximum absolute atomic E-state index is 13.3. The second-order valence-electron chi connectivity index (χ2n) is 8.39. The lowest BCUT2D eigenvalue weighted by atomic mass is 10.1. The highest BCUT2D eigenvalue weighted by molar-refractivity contribution is 5.88. The Balaban J connectivity index is 1.77. The normalized spacial score (nSPS) is 14.6. The molecule has 1 aliphatic carbocycles. The molecule has 0 unspecified atom stereocenters. The van der Waals surface area contributed by atoms with Gasteiger partial charge in [0.25, 0.3) is 5.91 Å². The van der Waals surface area contributed by atoms with Crippen LogP contribution in [0.5, 0.6) is 11.5 Å². The number of carbonyl (C=O) groups is 2. The van der Waals surface area contributed by atoms with Gasteiger partial charge in [-0.15, -0.1) is 0 Å². The largest absolute Gasteiger partial charge is 0.497 e. The molecule has 0 aromatic heterocycles. The van der Waals surface area contributed by atoms with Gasteiger partial charge in [-0.25, -0.2) is 0 Å². The van der Waals surface area contributed by atoms with Crippen LogP contribution in [0.2, 0.25) is 0 Å². The van der Waals surface area contributed by atoms with Crippen LogP contribution in [0.1, 0.15) is 50.2 Å². The van der Waals surface area contributed by atoms with E-state index in [9.17, 15) is 9.59 Å². The van der Waals surface area contributed by atoms with E-state index in [1.807, 2.05) is 62.4 Å². The average molecular weight is 439 g/mol. The number of amides is 2. The molecular weight excluding hydrogens is 404 g/mol. The first-order valence-electron chi connectivity index (χ1n) is 11.4. The lowest BCUT2D eigenvalue weighted by molar-refractivity contribution is -0.143. The third-order valence-electron chi connectivity index (χ3n) is 5.93. The fourth-order valence-electron chi connectivity index (χ4n) is 4.19. The summed E-state index contributed by atoms with van der Waals surface area (Å²) in [6.45, 7) is 4.10. The lowest BCUT2D eigenvalue weighted by Gasteiger charge is -2.31. The van der Waals surface area contributed by atoms with Gasteiger partial charge in [-0.3, -0.25) is 9.59 Å². The number of methoxy groups -OCH3 is 1. The van der Waals surface area contributed by atoms with Gasteiger partial charge in [-0.1, -0.05) is 44.0 Å². The number of carbonyl (C=O) groups excluding carboxylic acids is 2. The Morgan fingerprint density at radius 1 is 1.09 bits per heavy atom. The Hall–Kier alpha value is -3.02. The molecule has 6 nitrogen and oxygen atoms in total. The van der Waals surface area contributed by atoms with Crippen LogP contribution in [0.25, 0.3) is 0 Å². The van der Waals surface area contributed by atoms with Crippen molar-refractivity contribution < 1.29 is 19.1 Å². The van der Waals surface area contributed by atoms with Gasteiger partial charge in [0.1, 0.15) is 17.5 Å². The van der Waals surface area contributed by atoms with Crippen molar-refractivity contribution in [2.75, 3.05) is 13.7 Å². The van der Waals surface area contributed by atoms with Crippen molar-refractivity contribution in [1.29, 1.82) is 0 Å². The number of ether oxygens (including phenoxy) is 2. The molecule has 0 bridgehead atoms. The van der Waals surface area contributed by atoms with E-state index >= 15 is 0 Å². The number of aryl methyl sites for hydroxylation is 1. The van der Waals surface area contributed by atoms with Gasteiger partial charge in [0, 0.05) is 12.6 Å². The lowest BCUT2D eigenvalue weighted by Crippen LogP contribution is -2.52. The number of rotatable bonds is 10. The van der Waals surface area contributed by atoms with E-state index in [0.717, 1.165) is 42.6 Å². The Morgan fingerprint density at radius 2 is 1.81 bits per heavy atom. The minimum Gasteiger partial charge on any atom is -0.497 e. The molecule has 2 aromatic rings. The molecule has 0 aliphatic heterocycles. The van der Waals surface area contributed by atoms with Crippen molar-refractivity contribution in [3.63, 3.8) is 0 Å². The summed E-state index contributed by atoms with van der Waals surface area (Å²) in [5.74, 6) is 1.05. The van der Waals surface area contributed by atoms with Crippen molar-refractivity contribution in [3.05, 3.63) is 59.7 Å². The van der Waals surface area contributed by atoms with Crippen molar-refractivity contribution in [3.8, 4) is 11.5 Å². The fraction of sp³-hybridized carbons (Fsp3) is 0.462. The van der Waals surface area contributed by atoms with E-state index in [1.54, 1.807) is 12.0 Å². The van der Waals surface area contributed by atoms with Crippen LogP contribution in [0.15, 0.2) is 48.5 Å². The summed E-state index contributed by atoms with van der Waals surface area (Å²) < 4.78 is 11.1. The molecule has 1 N–H and O–H groups in total. The molecule has 0 radical (unpaired) electrons. The summed E-state index contributed by atoms with van der Waals surface area (Å²) in [5.41, 5.74) is 1.96. The molecule has 172 valence electrons. The highest BCUT2D eigenvalue weighted by Crippen LogP contribution is 2.21. The number of hydrogen-bond acceptors (Lipinski definition) is 4. The Labute approximate surface area is 190 Å². The molecule has 3 rings (SSSR count). The van der Waals surface area contributed by atoms with Crippen LogP contribution >= 0.6 is 0 Å². The molecule has 32 heavy (non-hydrogen) atoms. The maximum Gasteiger partial charge on any atom is 0.261 e. The zero-order valence-electron chi connectivity index (χ0n) is 19.3. The van der Waals surface area contributed by atoms with E-state index in [4.69, 9.17) is 9.47 Å². The first-order chi connectivity index (χ1) is 15.5. The van der Waals surface area contributed by atoms with Crippen molar-refractivity contribution in [2.24, 2.45) is 0 Å². The summed E-state index contributed by atoms with van der Waals surface area (Å²) in [5, 5.41) is 3.16. The van der Waals surface area contributed by atoms with Crippen LogP contribution < -0.4 is 14.8 Å². The van der Waals surface area contributed by atoms with E-state index < -0.39 is 6.04 Å². The predicted molar refractivity (Wildman–Crippen MR) is 125 cm³/mol. The van der Waals surface area contributed by atoms with Crippen molar-refractivity contribution in [1.82, 2.24) is 10.2 Å². The minimum absolute atomic E-state index is 0.0915. The summed E-state index contributed by atoms with van der Waals surface area (Å²) >= 11 is 0. The van der Waals surface area contributed by atoms with Gasteiger partial charge in [0.15, 0.2) is 6.61 Å². The van der Waals surface area contributed by atoms with Crippen molar-refractivity contribution in [2.45, 2.75) is 64.6 Å². The van der Waals surface area contributed by atoms with E-state index in [-0.39, 0.29) is 24.5 Å². The number of nitrogens with one attached hydrogen (secondary N) is 1. The molecule has 1 aliphatic rings. The zero-order chi connectivity index (χ0) is 22.9. The summed E-state index contributed by atoms with van der Waals surface area (Å²) in [6.07, 6.45) is 4.81. The SMILES string of the molecule is CC[C@H](C(=O)NC1CCCC1)N(Cc1cccc(OC)c1)C(=O)COc1cccc(C)c1. The second-order valence-corrected chi connectivity index (χ2v) is 8.39. The topological polar surface area (TPSA) is 67.9 Å². The molecule has 1 fully saturated rings. The van der Waals surface area contributed by atoms with Crippen molar-refractivity contribution >= 4 is 11.8 Å². The van der Waals surface area contributed by atoms with Crippen LogP contribution in [0.4, 0.5) is 0 Å². The van der Waals surface area contributed by atoms with Crippen LogP contribution in [0.3, 0.4) is 0 Å². The van der Waals surface area contributed by atoms with Gasteiger partial charge in [-0.05, 0) is 61.6 Å². The van der Waals surface area contributed by atoms with Gasteiger partial charge in [0.2, 0.25) is 5.91 Å². The highest BCUT2D eigenvalue weighted by Gasteiger charge is 2.31. The van der Waals surface area contributed by atoms with Gasteiger partial charge in [-0.2, -0.15) is 0 Å². The smallest absolute Gasteiger partial charge is 0.261 e. The van der Waals surface area contributed by atoms with Crippen LogP contribution in [0, 0.1) is 6.92 Å². The molecule has 1 atom stereocenters. The van der Waals surface area contributed by atoms with Gasteiger partial charge in [0.05, 0.1) is 7.11 Å². The number of benzene rings is 2. The van der Waals surface area contributed by atoms with Crippen LogP contribution in [-0.2, 0) is 16.1 Å². The van der Waals surface area contributed by atoms with Gasteiger partial charge < -0.3 is 19.7 Å². The Morgan fingerprint density at radius 3 is 2.50 bits per heavy atom. The first-order valence-corrected chi connectivity index (χ1v) is 11.4. The maximum atomic E-state index is 13.3. The number of hydrogen-bond donors (Lipinski definition) is 1. The van der Waals surface area contributed by atoms with E-state index in [2.05, 4.69) is 5.32 Å². The predicted octanol–water partition coefficient (Wildman–Crippen LogP) is 4.25. The summed E-state index contributed by atoms with van der Waals surface area (Å²) in [7, 11) is 1.61. The molecular formula is C26H34N2O4. The first kappa shape index (κ1) is 23.6. The molecule has 2 aromatic carbocycles. The van der Waals surface area contributed by atoms with E-state index in [1.165, 1.54) is 0 Å². The Kier molecular flexibility index (Phi) is 8.54. The Bertz CT molecular complexity index is 908. The molecule has 1 saturated carbocycles. The second kappa shape index (κ2) is 11.6. The third-order valence-corrected chi connectivity index (χ3v) is 5.93. The quantitative estimate of drug-likeness (QED) is 0.602. The molecule has 2 amide bonds. The van der Waals surface area contributed by atoms with E-state index in [0.29, 0.717) is 18.7 Å². The third kappa shape index (κ3) is 6.49. The monoisotopic (exact) mass is 438 g/mol. The van der Waals surface area contributed by atoms with Gasteiger partial charge >= 0.3 is 0 Å². The molecule has 0 heterocycles. The average Bonchev–Trinajstić information content (AvgIpc) is 3.30. The molecule has 6 heteroatoms. The fourth-order valence-corrected chi connectivity index (χ4v) is 4.19. The van der Waals surface area contributed by atoms with Crippen LogP contribution in [-0.4, -0.2) is 42.5 Å². The minimum atomic E-state index is -0.560. The molecule has 0 spiro atoms. The summed E-state index contributed by atoms with van der Waals surface area (Å²) in [4.78, 5) is 28.1. The number of nitrogens with zero attached hydrogens (tertiary/aromatic N) is 1. The summed E-state index contributed by atoms with van der Waals surface area (Å²) in [6, 6.07) is 14.8. The zero-order valence-corrected chi connectivity index (χ0v) is 19.3. The molecule has 0 saturated heterocycles.